The van der Waals surface area contributed by atoms with Crippen LogP contribution < -0.4 is 16.3 Å². The highest BCUT2D eigenvalue weighted by molar-refractivity contribution is 6.05. The number of benzene rings is 2. The summed E-state index contributed by atoms with van der Waals surface area (Å²) in [4.78, 5) is 40.1. The maximum absolute atomic E-state index is 14.3. The van der Waals surface area contributed by atoms with E-state index < -0.39 is 34.1 Å². The number of rotatable bonds is 4. The zero-order valence-electron chi connectivity index (χ0n) is 17.7. The number of amides is 1. The van der Waals surface area contributed by atoms with Crippen LogP contribution in [-0.2, 0) is 6.54 Å². The van der Waals surface area contributed by atoms with E-state index in [-0.39, 0.29) is 45.4 Å². The summed E-state index contributed by atoms with van der Waals surface area (Å²) in [5.41, 5.74) is -1.88. The number of nitrogens with zero attached hydrogens (tertiary/aromatic N) is 3. The predicted octanol–water partition coefficient (Wildman–Crippen LogP) is 2.19. The standard InChI is InChI=1S/C24H13F2N5O3.H2O/c25-18-2-1-3-19(26)16(18)11-31-12-17(23(33)22-20(31)6-7-21(32)30-22)24(34)29-15-5-4-13(9-27)14(8-15)10-28;/h1-8,12H,11H2,(H,29,34)(H,30,32);1H2. The van der Waals surface area contributed by atoms with Crippen LogP contribution in [-0.4, -0.2) is 20.9 Å². The molecule has 9 nitrogen and oxygen atoms in total. The third-order valence-corrected chi connectivity index (χ3v) is 5.12. The third-order valence-electron chi connectivity index (χ3n) is 5.12. The highest BCUT2D eigenvalue weighted by atomic mass is 19.1. The van der Waals surface area contributed by atoms with Gasteiger partial charge in [-0.1, -0.05) is 6.07 Å². The summed E-state index contributed by atoms with van der Waals surface area (Å²) in [6, 6.07) is 13.5. The Morgan fingerprint density at radius 3 is 2.34 bits per heavy atom. The molecule has 0 aliphatic rings. The average molecular weight is 475 g/mol. The number of carbonyl (C=O) groups is 1. The lowest BCUT2D eigenvalue weighted by Gasteiger charge is -2.14. The number of anilines is 1. The van der Waals surface area contributed by atoms with Gasteiger partial charge < -0.3 is 20.3 Å². The lowest BCUT2D eigenvalue weighted by molar-refractivity contribution is 0.102. The van der Waals surface area contributed by atoms with E-state index in [1.54, 1.807) is 0 Å². The van der Waals surface area contributed by atoms with Gasteiger partial charge in [-0.2, -0.15) is 10.5 Å². The molecule has 0 bridgehead atoms. The number of hydrogen-bond acceptors (Lipinski definition) is 5. The molecule has 4 N–H and O–H groups in total. The largest absolute Gasteiger partial charge is 0.412 e. The smallest absolute Gasteiger partial charge is 0.261 e. The van der Waals surface area contributed by atoms with Gasteiger partial charge in [0.1, 0.15) is 34.9 Å². The molecule has 0 atom stereocenters. The van der Waals surface area contributed by atoms with Gasteiger partial charge in [0, 0.05) is 23.5 Å². The zero-order chi connectivity index (χ0) is 24.4. The number of H-pyrrole nitrogens is 1. The van der Waals surface area contributed by atoms with Crippen LogP contribution >= 0.6 is 0 Å². The molecule has 35 heavy (non-hydrogen) atoms. The van der Waals surface area contributed by atoms with Gasteiger partial charge in [0.25, 0.3) is 5.91 Å². The van der Waals surface area contributed by atoms with Gasteiger partial charge in [0.05, 0.1) is 23.2 Å². The number of nitriles is 2. The lowest BCUT2D eigenvalue weighted by atomic mass is 10.1. The van der Waals surface area contributed by atoms with E-state index in [9.17, 15) is 28.4 Å². The normalized spacial score (nSPS) is 10.2. The molecule has 0 fully saturated rings. The van der Waals surface area contributed by atoms with Crippen LogP contribution in [0.5, 0.6) is 0 Å². The van der Waals surface area contributed by atoms with Gasteiger partial charge in [-0.05, 0) is 36.4 Å². The molecule has 4 aromatic rings. The van der Waals surface area contributed by atoms with Crippen molar-refractivity contribution in [1.82, 2.24) is 9.55 Å². The second-order valence-corrected chi connectivity index (χ2v) is 7.22. The van der Waals surface area contributed by atoms with Crippen molar-refractivity contribution in [1.29, 1.82) is 10.5 Å². The van der Waals surface area contributed by atoms with Crippen molar-refractivity contribution in [2.75, 3.05) is 5.32 Å². The lowest BCUT2D eigenvalue weighted by Crippen LogP contribution is -2.26. The van der Waals surface area contributed by atoms with Crippen molar-refractivity contribution in [2.45, 2.75) is 6.54 Å². The van der Waals surface area contributed by atoms with E-state index in [1.807, 2.05) is 12.1 Å². The molecule has 0 aliphatic heterocycles. The first-order chi connectivity index (χ1) is 16.3. The molecule has 0 unspecified atom stereocenters. The van der Waals surface area contributed by atoms with Gasteiger partial charge in [0.15, 0.2) is 0 Å². The fourth-order valence-corrected chi connectivity index (χ4v) is 3.45. The van der Waals surface area contributed by atoms with E-state index in [4.69, 9.17) is 5.26 Å². The minimum atomic E-state index is -0.882. The van der Waals surface area contributed by atoms with Crippen molar-refractivity contribution in [3.63, 3.8) is 0 Å². The molecular weight excluding hydrogens is 460 g/mol. The van der Waals surface area contributed by atoms with Crippen LogP contribution in [0.1, 0.15) is 27.0 Å². The van der Waals surface area contributed by atoms with Gasteiger partial charge >= 0.3 is 0 Å². The molecule has 0 saturated heterocycles. The number of nitrogens with one attached hydrogen (secondary N) is 2. The van der Waals surface area contributed by atoms with E-state index in [1.165, 1.54) is 34.9 Å². The number of halogens is 2. The first kappa shape index (κ1) is 24.5. The number of pyridine rings is 2. The van der Waals surface area contributed by atoms with Gasteiger partial charge in [0.2, 0.25) is 11.0 Å². The highest BCUT2D eigenvalue weighted by Gasteiger charge is 2.19. The van der Waals surface area contributed by atoms with Gasteiger partial charge in [-0.15, -0.1) is 0 Å². The molecule has 2 heterocycles. The second-order valence-electron chi connectivity index (χ2n) is 7.22. The first-order valence-corrected chi connectivity index (χ1v) is 9.77. The van der Waals surface area contributed by atoms with Crippen LogP contribution in [0, 0.1) is 34.3 Å². The summed E-state index contributed by atoms with van der Waals surface area (Å²) < 4.78 is 29.8. The molecule has 174 valence electrons. The van der Waals surface area contributed by atoms with Crippen molar-refractivity contribution < 1.29 is 19.1 Å². The van der Waals surface area contributed by atoms with Crippen LogP contribution in [0.15, 0.2) is 64.3 Å². The number of carbonyl (C=O) groups excluding carboxylic acids is 1. The average Bonchev–Trinajstić information content (AvgIpc) is 2.82. The molecule has 0 radical (unpaired) electrons. The van der Waals surface area contributed by atoms with E-state index in [2.05, 4.69) is 10.3 Å². The Hall–Kier alpha value is -5.13. The van der Waals surface area contributed by atoms with Crippen molar-refractivity contribution in [3.05, 3.63) is 109 Å². The van der Waals surface area contributed by atoms with E-state index in [0.717, 1.165) is 24.4 Å². The van der Waals surface area contributed by atoms with Crippen molar-refractivity contribution >= 4 is 22.6 Å². The summed E-state index contributed by atoms with van der Waals surface area (Å²) in [5.74, 6) is -2.51. The maximum atomic E-state index is 14.3. The Balaban J connectivity index is 0.00000342. The van der Waals surface area contributed by atoms with Crippen LogP contribution in [0.4, 0.5) is 14.5 Å². The third kappa shape index (κ3) is 4.66. The maximum Gasteiger partial charge on any atom is 0.261 e. The quantitative estimate of drug-likeness (QED) is 0.461. The molecule has 0 spiro atoms. The molecule has 2 aromatic carbocycles. The van der Waals surface area contributed by atoms with Crippen molar-refractivity contribution in [3.8, 4) is 12.1 Å². The fraction of sp³-hybridized carbons (Fsp3) is 0.0417. The van der Waals surface area contributed by atoms with Gasteiger partial charge in [-0.3, -0.25) is 14.4 Å². The minimum Gasteiger partial charge on any atom is -0.412 e. The molecule has 0 saturated carbocycles. The summed E-state index contributed by atoms with van der Waals surface area (Å²) in [5, 5.41) is 20.7. The Labute approximate surface area is 195 Å². The summed E-state index contributed by atoms with van der Waals surface area (Å²) >= 11 is 0. The Bertz CT molecular complexity index is 1660. The van der Waals surface area contributed by atoms with Crippen molar-refractivity contribution in [2.24, 2.45) is 0 Å². The molecular formula is C24H15F2N5O4. The Morgan fingerprint density at radius 2 is 1.69 bits per heavy atom. The van der Waals surface area contributed by atoms with E-state index >= 15 is 0 Å². The highest BCUT2D eigenvalue weighted by Crippen LogP contribution is 2.19. The number of aromatic amines is 1. The number of hydrogen-bond donors (Lipinski definition) is 2. The topological polar surface area (TPSA) is 163 Å². The predicted molar refractivity (Wildman–Crippen MR) is 122 cm³/mol. The SMILES string of the molecule is N#Cc1ccc(NC(=O)c2cn(Cc3c(F)cccc3F)c3ccc(=O)[nH]c3c2=O)cc1C#N.O. The minimum absolute atomic E-state index is 0. The van der Waals surface area contributed by atoms with Gasteiger partial charge in [-0.25, -0.2) is 8.78 Å². The summed E-state index contributed by atoms with van der Waals surface area (Å²) in [6.07, 6.45) is 1.14. The Morgan fingerprint density at radius 1 is 1.00 bits per heavy atom. The first-order valence-electron chi connectivity index (χ1n) is 9.77. The molecule has 2 aromatic heterocycles. The van der Waals surface area contributed by atoms with Crippen LogP contribution in [0.25, 0.3) is 11.0 Å². The molecule has 1 amide bonds. The zero-order valence-corrected chi connectivity index (χ0v) is 17.7. The summed E-state index contributed by atoms with van der Waals surface area (Å²) in [6.45, 7) is -0.364. The fourth-order valence-electron chi connectivity index (χ4n) is 3.45. The molecule has 11 heteroatoms. The number of aromatic nitrogens is 2. The second kappa shape index (κ2) is 9.79. The molecule has 4 rings (SSSR count). The molecule has 0 aliphatic carbocycles. The van der Waals surface area contributed by atoms with Crippen LogP contribution in [0.3, 0.4) is 0 Å². The Kier molecular flexibility index (Phi) is 6.85. The number of fused-ring (bicyclic) bond motifs is 1. The monoisotopic (exact) mass is 475 g/mol. The summed E-state index contributed by atoms with van der Waals surface area (Å²) in [7, 11) is 0. The van der Waals surface area contributed by atoms with E-state index in [0.29, 0.717) is 0 Å². The van der Waals surface area contributed by atoms with Crippen LogP contribution in [0.2, 0.25) is 0 Å².